The number of aromatic carboxylic acids is 1. The van der Waals surface area contributed by atoms with E-state index in [1.807, 2.05) is 19.1 Å². The van der Waals surface area contributed by atoms with Crippen molar-refractivity contribution in [3.8, 4) is 0 Å². The minimum atomic E-state index is -1.03. The molecule has 2 atom stereocenters. The van der Waals surface area contributed by atoms with Crippen molar-refractivity contribution in [3.63, 3.8) is 0 Å². The van der Waals surface area contributed by atoms with Gasteiger partial charge in [0.2, 0.25) is 0 Å². The molecule has 3 amide bonds. The first-order chi connectivity index (χ1) is 22.8. The molecule has 2 heterocycles. The number of aryl methyl sites for hydroxylation is 1. The number of carboxylic acid groups (broad SMARTS) is 1. The van der Waals surface area contributed by atoms with Crippen molar-refractivity contribution in [2.24, 2.45) is 5.41 Å². The Kier molecular flexibility index (Phi) is 8.37. The third-order valence-corrected chi connectivity index (χ3v) is 8.82. The Bertz CT molecular complexity index is 2070. The largest absolute Gasteiger partial charge is 0.478 e. The Balaban J connectivity index is 1.33. The molecule has 0 saturated carbocycles. The lowest BCUT2D eigenvalue weighted by atomic mass is 9.83. The molecule has 1 unspecified atom stereocenters. The number of nitrogens with zero attached hydrogens (tertiary/aromatic N) is 3. The van der Waals surface area contributed by atoms with Gasteiger partial charge in [0.25, 0.3) is 17.7 Å². The van der Waals surface area contributed by atoms with E-state index < -0.39 is 46.8 Å². The molecule has 0 radical (unpaired) electrons. The van der Waals surface area contributed by atoms with Crippen LogP contribution in [0.5, 0.6) is 0 Å². The minimum absolute atomic E-state index is 0.00664. The molecule has 2 aromatic carbocycles. The molecule has 13 heteroatoms. The van der Waals surface area contributed by atoms with E-state index in [0.29, 0.717) is 24.1 Å². The molecule has 4 aromatic rings. The number of hydrogen-bond donors (Lipinski definition) is 4. The Labute approximate surface area is 273 Å². The van der Waals surface area contributed by atoms with Crippen molar-refractivity contribution in [3.05, 3.63) is 117 Å². The minimum Gasteiger partial charge on any atom is -0.478 e. The monoisotopic (exact) mass is 654 g/mol. The highest BCUT2D eigenvalue weighted by molar-refractivity contribution is 6.09. The lowest BCUT2D eigenvalue weighted by molar-refractivity contribution is 0.0695. The molecule has 2 aromatic heterocycles. The molecule has 0 spiro atoms. The highest BCUT2D eigenvalue weighted by Gasteiger charge is 2.31. The summed E-state index contributed by atoms with van der Waals surface area (Å²) in [6.07, 6.45) is 4.58. The highest BCUT2D eigenvalue weighted by Crippen LogP contribution is 2.36. The van der Waals surface area contributed by atoms with Gasteiger partial charge in [0.1, 0.15) is 22.8 Å². The van der Waals surface area contributed by atoms with E-state index in [1.54, 1.807) is 32.0 Å². The summed E-state index contributed by atoms with van der Waals surface area (Å²) in [6.45, 7) is 5.25. The van der Waals surface area contributed by atoms with E-state index in [2.05, 4.69) is 26.0 Å². The number of rotatable bonds is 8. The van der Waals surface area contributed by atoms with E-state index in [9.17, 15) is 33.1 Å². The Morgan fingerprint density at radius 3 is 2.48 bits per heavy atom. The van der Waals surface area contributed by atoms with Crippen LogP contribution in [0.3, 0.4) is 0 Å². The molecule has 0 saturated heterocycles. The average Bonchev–Trinajstić information content (AvgIpc) is 3.67. The topological polar surface area (TPSA) is 155 Å². The van der Waals surface area contributed by atoms with Gasteiger partial charge in [0.05, 0.1) is 17.8 Å². The molecule has 2 aliphatic rings. The Morgan fingerprint density at radius 2 is 1.77 bits per heavy atom. The number of carbonyl (C=O) groups is 4. The van der Waals surface area contributed by atoms with Crippen LogP contribution in [0.25, 0.3) is 5.65 Å². The average molecular weight is 655 g/mol. The number of hydrogen-bond acceptors (Lipinski definition) is 6. The van der Waals surface area contributed by atoms with Crippen molar-refractivity contribution in [1.82, 2.24) is 25.2 Å². The molecule has 4 N–H and O–H groups in total. The van der Waals surface area contributed by atoms with Crippen LogP contribution in [-0.2, 0) is 6.42 Å². The van der Waals surface area contributed by atoms with E-state index in [0.717, 1.165) is 22.8 Å². The normalized spacial score (nSPS) is 18.5. The fourth-order valence-corrected chi connectivity index (χ4v) is 6.09. The van der Waals surface area contributed by atoms with Crippen LogP contribution in [-0.4, -0.2) is 49.9 Å². The molecule has 11 nitrogen and oxygen atoms in total. The van der Waals surface area contributed by atoms with E-state index in [-0.39, 0.29) is 41.1 Å². The smallest absolute Gasteiger partial charge is 0.335 e. The first-order valence-electron chi connectivity index (χ1n) is 15.3. The molecular formula is C35H32F2N6O5. The number of carboxylic acids is 1. The van der Waals surface area contributed by atoms with Crippen molar-refractivity contribution in [2.45, 2.75) is 46.1 Å². The quantitative estimate of drug-likeness (QED) is 0.194. The molecule has 2 aliphatic carbocycles. The number of carbonyl (C=O) groups excluding carboxylic acids is 3. The summed E-state index contributed by atoms with van der Waals surface area (Å²) in [6, 6.07) is 11.1. The summed E-state index contributed by atoms with van der Waals surface area (Å²) in [5, 5.41) is 22.2. The number of aromatic nitrogens is 3. The predicted octanol–water partition coefficient (Wildman–Crippen LogP) is 5.56. The van der Waals surface area contributed by atoms with Crippen LogP contribution in [0.2, 0.25) is 0 Å². The van der Waals surface area contributed by atoms with Gasteiger partial charge in [0.15, 0.2) is 11.5 Å². The first-order valence-corrected chi connectivity index (χ1v) is 15.3. The predicted molar refractivity (Wildman–Crippen MR) is 172 cm³/mol. The Hall–Kier alpha value is -5.72. The number of halogens is 2. The van der Waals surface area contributed by atoms with Crippen molar-refractivity contribution < 1.29 is 33.1 Å². The number of anilines is 1. The highest BCUT2D eigenvalue weighted by atomic mass is 19.2. The number of benzene rings is 2. The van der Waals surface area contributed by atoms with Crippen LogP contribution in [0, 0.1) is 19.3 Å². The van der Waals surface area contributed by atoms with E-state index in [4.69, 9.17) is 0 Å². The Morgan fingerprint density at radius 1 is 1.02 bits per heavy atom. The van der Waals surface area contributed by atoms with Gasteiger partial charge in [-0.1, -0.05) is 36.8 Å². The summed E-state index contributed by atoms with van der Waals surface area (Å²) in [5.41, 5.74) is 2.76. The molecule has 0 fully saturated rings. The van der Waals surface area contributed by atoms with Gasteiger partial charge >= 0.3 is 5.97 Å². The summed E-state index contributed by atoms with van der Waals surface area (Å²) in [5.74, 6) is -4.78. The fraction of sp³-hybridized carbons (Fsp3) is 0.257. The third kappa shape index (κ3) is 6.18. The van der Waals surface area contributed by atoms with E-state index in [1.165, 1.54) is 28.9 Å². The maximum Gasteiger partial charge on any atom is 0.335 e. The second-order valence-corrected chi connectivity index (χ2v) is 12.4. The lowest BCUT2D eigenvalue weighted by Gasteiger charge is -2.27. The molecule has 0 aliphatic heterocycles. The van der Waals surface area contributed by atoms with Gasteiger partial charge in [-0.25, -0.2) is 23.1 Å². The fourth-order valence-electron chi connectivity index (χ4n) is 6.09. The van der Waals surface area contributed by atoms with Gasteiger partial charge in [-0.15, -0.1) is 0 Å². The van der Waals surface area contributed by atoms with Crippen LogP contribution in [0.15, 0.2) is 72.5 Å². The first kappa shape index (κ1) is 32.2. The van der Waals surface area contributed by atoms with Gasteiger partial charge in [0, 0.05) is 30.1 Å². The van der Waals surface area contributed by atoms with E-state index >= 15 is 0 Å². The van der Waals surface area contributed by atoms with Crippen LogP contribution >= 0.6 is 0 Å². The molecular weight excluding hydrogens is 622 g/mol. The maximum atomic E-state index is 14.0. The molecule has 48 heavy (non-hydrogen) atoms. The number of nitrogens with one attached hydrogen (secondary N) is 3. The van der Waals surface area contributed by atoms with Gasteiger partial charge < -0.3 is 21.1 Å². The number of allylic oxidation sites excluding steroid dienone is 3. The zero-order chi connectivity index (χ0) is 34.3. The van der Waals surface area contributed by atoms with Gasteiger partial charge in [-0.2, -0.15) is 5.10 Å². The van der Waals surface area contributed by atoms with Crippen molar-refractivity contribution in [2.75, 3.05) is 11.9 Å². The van der Waals surface area contributed by atoms with Crippen LogP contribution in [0.4, 0.5) is 14.5 Å². The summed E-state index contributed by atoms with van der Waals surface area (Å²) < 4.78 is 28.8. The summed E-state index contributed by atoms with van der Waals surface area (Å²) in [4.78, 5) is 56.7. The summed E-state index contributed by atoms with van der Waals surface area (Å²) >= 11 is 0. The van der Waals surface area contributed by atoms with Crippen molar-refractivity contribution >= 4 is 35.0 Å². The van der Waals surface area contributed by atoms with Gasteiger partial charge in [-0.05, 0) is 67.7 Å². The SMILES string of the molecule is Cc1ccc(NC(=O)c2cnn3c(C(=O)N[C@H]4CCc5c4ccc(C(=O)O)c5C)cc(C(=O)NCC4(C)C=CC(F)=C(F)C4)nc23)cc1. The molecule has 246 valence electrons. The van der Waals surface area contributed by atoms with Crippen molar-refractivity contribution in [1.29, 1.82) is 0 Å². The van der Waals surface area contributed by atoms with Gasteiger partial charge in [-0.3, -0.25) is 14.4 Å². The molecule has 6 rings (SSSR count). The third-order valence-electron chi connectivity index (χ3n) is 8.82. The van der Waals surface area contributed by atoms with Crippen LogP contribution < -0.4 is 16.0 Å². The second kappa shape index (κ2) is 12.5. The number of fused-ring (bicyclic) bond motifs is 2. The zero-order valence-electron chi connectivity index (χ0n) is 26.4. The zero-order valence-corrected chi connectivity index (χ0v) is 26.4. The maximum absolute atomic E-state index is 14.0. The standard InChI is InChI=1S/C35H32F2N6O5/c1-18-4-6-20(7-5-18)40-31(44)24-16-39-43-29(33(46)42-27-11-10-21-19(2)22(34(47)48)8-9-23(21)27)14-28(41-30(24)43)32(45)38-17-35(3)13-12-25(36)26(37)15-35/h4-9,12-14,16,27H,10-11,15,17H2,1-3H3,(H,38,45)(H,40,44)(H,42,46)(H,47,48)/t27-,35?/m0/s1. The lowest BCUT2D eigenvalue weighted by Crippen LogP contribution is -2.36. The van der Waals surface area contributed by atoms with Crippen LogP contribution in [0.1, 0.15) is 89.8 Å². The molecule has 0 bridgehead atoms. The number of amides is 3. The summed E-state index contributed by atoms with van der Waals surface area (Å²) in [7, 11) is 0. The second-order valence-electron chi connectivity index (χ2n) is 12.4.